The molecule has 1 heterocycles. The summed E-state index contributed by atoms with van der Waals surface area (Å²) in [5.74, 6) is -4.36. The predicted octanol–water partition coefficient (Wildman–Crippen LogP) is 3.01. The lowest BCUT2D eigenvalue weighted by Gasteiger charge is -2.32. The number of rotatable bonds is 3. The molecule has 0 unspecified atom stereocenters. The molecule has 0 aliphatic carbocycles. The van der Waals surface area contributed by atoms with Crippen molar-refractivity contribution in [2.75, 3.05) is 13.7 Å². The number of nitrogens with one attached hydrogen (secondary N) is 1. The number of hydrogen-bond donors (Lipinski definition) is 1. The minimum absolute atomic E-state index is 0.124. The zero-order chi connectivity index (χ0) is 16.5. The normalized spacial score (nSPS) is 20.8. The van der Waals surface area contributed by atoms with Crippen LogP contribution in [0, 0.1) is 0 Å². The Hall–Kier alpha value is -2.26. The van der Waals surface area contributed by atoms with Gasteiger partial charge in [-0.3, -0.25) is 0 Å². The average Bonchev–Trinajstić information content (AvgIpc) is 2.40. The molecule has 0 radical (unpaired) electrons. The first-order chi connectivity index (χ1) is 10.1. The van der Waals surface area contributed by atoms with Gasteiger partial charge in [0, 0.05) is 5.56 Å². The molecule has 10 heteroatoms. The van der Waals surface area contributed by atoms with E-state index in [-0.39, 0.29) is 11.3 Å². The van der Waals surface area contributed by atoms with Crippen LogP contribution in [-0.4, -0.2) is 32.1 Å². The summed E-state index contributed by atoms with van der Waals surface area (Å²) in [7, 11) is 1.16. The zero-order valence-electron chi connectivity index (χ0n) is 11.0. The molecular formula is C12H10F5NO4. The van der Waals surface area contributed by atoms with Crippen LogP contribution in [0.3, 0.4) is 0 Å². The van der Waals surface area contributed by atoms with Crippen molar-refractivity contribution in [2.45, 2.75) is 18.3 Å². The van der Waals surface area contributed by atoms with Gasteiger partial charge in [-0.15, -0.1) is 13.2 Å². The lowest BCUT2D eigenvalue weighted by atomic mass is 9.98. The van der Waals surface area contributed by atoms with Gasteiger partial charge in [-0.1, -0.05) is 0 Å². The second-order valence-electron chi connectivity index (χ2n) is 4.37. The number of methoxy groups -OCH3 is 1. The van der Waals surface area contributed by atoms with Crippen molar-refractivity contribution < 1.29 is 41.0 Å². The molecule has 0 aromatic heterocycles. The third-order valence-corrected chi connectivity index (χ3v) is 2.83. The summed E-state index contributed by atoms with van der Waals surface area (Å²) in [6, 6.07) is 0.778. The number of alkyl halides is 5. The number of benzene rings is 1. The van der Waals surface area contributed by atoms with E-state index in [1.165, 1.54) is 0 Å². The van der Waals surface area contributed by atoms with Crippen LogP contribution in [0.1, 0.15) is 11.6 Å². The van der Waals surface area contributed by atoms with Crippen LogP contribution in [0.2, 0.25) is 0 Å². The van der Waals surface area contributed by atoms with Crippen LogP contribution in [0.15, 0.2) is 18.2 Å². The zero-order valence-corrected chi connectivity index (χ0v) is 11.0. The average molecular weight is 327 g/mol. The van der Waals surface area contributed by atoms with E-state index in [1.54, 1.807) is 0 Å². The highest BCUT2D eigenvalue weighted by Gasteiger charge is 2.48. The number of hydrogen-bond acceptors (Lipinski definition) is 4. The highest BCUT2D eigenvalue weighted by atomic mass is 19.4. The van der Waals surface area contributed by atoms with E-state index in [0.29, 0.717) is 0 Å². The van der Waals surface area contributed by atoms with E-state index in [2.05, 4.69) is 9.47 Å². The third kappa shape index (κ3) is 3.49. The third-order valence-electron chi connectivity index (χ3n) is 2.83. The highest BCUT2D eigenvalue weighted by molar-refractivity contribution is 5.69. The van der Waals surface area contributed by atoms with Crippen molar-refractivity contribution in [2.24, 2.45) is 0 Å². The van der Waals surface area contributed by atoms with Gasteiger partial charge in [-0.2, -0.15) is 0 Å². The first-order valence-corrected chi connectivity index (χ1v) is 5.87. The van der Waals surface area contributed by atoms with Gasteiger partial charge in [-0.25, -0.2) is 13.6 Å². The SMILES string of the molecule is COc1ccc(OC(F)(F)F)cc1[C@H]1NC(=O)OCC1(F)F. The Morgan fingerprint density at radius 3 is 2.64 bits per heavy atom. The Morgan fingerprint density at radius 2 is 2.05 bits per heavy atom. The number of carbonyl (C=O) groups is 1. The smallest absolute Gasteiger partial charge is 0.496 e. The lowest BCUT2D eigenvalue weighted by molar-refractivity contribution is -0.274. The van der Waals surface area contributed by atoms with Crippen molar-refractivity contribution in [1.29, 1.82) is 0 Å². The van der Waals surface area contributed by atoms with Crippen LogP contribution in [-0.2, 0) is 4.74 Å². The molecule has 122 valence electrons. The van der Waals surface area contributed by atoms with E-state index in [1.807, 2.05) is 5.32 Å². The fourth-order valence-corrected chi connectivity index (χ4v) is 1.95. The molecule has 1 amide bonds. The minimum atomic E-state index is -4.98. The van der Waals surface area contributed by atoms with Crippen LogP contribution >= 0.6 is 0 Å². The number of cyclic esters (lactones) is 1. The number of halogens is 5. The van der Waals surface area contributed by atoms with Crippen LogP contribution in [0.4, 0.5) is 26.7 Å². The number of alkyl carbamates (subject to hydrolysis) is 1. The molecule has 1 aliphatic heterocycles. The van der Waals surface area contributed by atoms with Gasteiger partial charge in [0.1, 0.15) is 17.5 Å². The Balaban J connectivity index is 2.42. The Bertz CT molecular complexity index is 575. The topological polar surface area (TPSA) is 56.8 Å². The summed E-state index contributed by atoms with van der Waals surface area (Å²) in [5, 5.41) is 1.86. The molecule has 1 atom stereocenters. The molecule has 5 nitrogen and oxygen atoms in total. The van der Waals surface area contributed by atoms with Gasteiger partial charge in [0.05, 0.1) is 7.11 Å². The molecule has 1 aromatic carbocycles. The lowest BCUT2D eigenvalue weighted by Crippen LogP contribution is -2.49. The summed E-state index contributed by atoms with van der Waals surface area (Å²) in [4.78, 5) is 11.1. The fraction of sp³-hybridized carbons (Fsp3) is 0.417. The Labute approximate surface area is 120 Å². The van der Waals surface area contributed by atoms with Crippen molar-refractivity contribution in [3.63, 3.8) is 0 Å². The van der Waals surface area contributed by atoms with E-state index >= 15 is 0 Å². The fourth-order valence-electron chi connectivity index (χ4n) is 1.95. The van der Waals surface area contributed by atoms with E-state index in [9.17, 15) is 26.7 Å². The van der Waals surface area contributed by atoms with Crippen LogP contribution < -0.4 is 14.8 Å². The van der Waals surface area contributed by atoms with E-state index in [4.69, 9.17) is 4.74 Å². The summed E-state index contributed by atoms with van der Waals surface area (Å²) in [6.07, 6.45) is -6.09. The van der Waals surface area contributed by atoms with E-state index in [0.717, 1.165) is 25.3 Å². The molecule has 1 aromatic rings. The molecule has 2 rings (SSSR count). The number of amides is 1. The summed E-state index contributed by atoms with van der Waals surface area (Å²) >= 11 is 0. The predicted molar refractivity (Wildman–Crippen MR) is 61.8 cm³/mol. The quantitative estimate of drug-likeness (QED) is 0.867. The summed E-state index contributed by atoms with van der Waals surface area (Å²) in [5.41, 5.74) is -0.356. The van der Waals surface area contributed by atoms with Crippen molar-refractivity contribution in [3.8, 4) is 11.5 Å². The minimum Gasteiger partial charge on any atom is -0.496 e. The van der Waals surface area contributed by atoms with Gasteiger partial charge in [0.2, 0.25) is 0 Å². The second-order valence-corrected chi connectivity index (χ2v) is 4.37. The number of ether oxygens (including phenoxy) is 3. The molecule has 0 spiro atoms. The van der Waals surface area contributed by atoms with Crippen molar-refractivity contribution in [3.05, 3.63) is 23.8 Å². The van der Waals surface area contributed by atoms with Crippen LogP contribution in [0.25, 0.3) is 0 Å². The summed E-state index contributed by atoms with van der Waals surface area (Å²) in [6.45, 7) is -1.20. The first kappa shape index (κ1) is 16.1. The van der Waals surface area contributed by atoms with Gasteiger partial charge < -0.3 is 19.5 Å². The second kappa shape index (κ2) is 5.50. The molecule has 0 bridgehead atoms. The maximum atomic E-state index is 13.9. The monoisotopic (exact) mass is 327 g/mol. The molecule has 1 saturated heterocycles. The van der Waals surface area contributed by atoms with Crippen molar-refractivity contribution in [1.82, 2.24) is 5.32 Å². The van der Waals surface area contributed by atoms with Gasteiger partial charge >= 0.3 is 18.4 Å². The maximum absolute atomic E-state index is 13.9. The molecule has 22 heavy (non-hydrogen) atoms. The largest absolute Gasteiger partial charge is 0.573 e. The Kier molecular flexibility index (Phi) is 4.03. The summed E-state index contributed by atoms with van der Waals surface area (Å²) < 4.78 is 77.1. The first-order valence-electron chi connectivity index (χ1n) is 5.87. The van der Waals surface area contributed by atoms with E-state index < -0.39 is 36.8 Å². The standard InChI is InChI=1S/C12H10F5NO4/c1-20-8-3-2-6(22-12(15,16)17)4-7(8)9-11(13,14)5-21-10(19)18-9/h2-4,9H,5H2,1H3,(H,18,19)/t9-/m1/s1. The maximum Gasteiger partial charge on any atom is 0.573 e. The molecule has 1 aliphatic rings. The molecular weight excluding hydrogens is 317 g/mol. The van der Waals surface area contributed by atoms with Gasteiger partial charge in [0.25, 0.3) is 0 Å². The van der Waals surface area contributed by atoms with Crippen LogP contribution in [0.5, 0.6) is 11.5 Å². The molecule has 0 saturated carbocycles. The van der Waals surface area contributed by atoms with Gasteiger partial charge in [0.15, 0.2) is 6.61 Å². The van der Waals surface area contributed by atoms with Crippen molar-refractivity contribution >= 4 is 6.09 Å². The molecule has 1 fully saturated rings. The molecule has 1 N–H and O–H groups in total. The Morgan fingerprint density at radius 1 is 1.36 bits per heavy atom. The highest BCUT2D eigenvalue weighted by Crippen LogP contribution is 2.40. The number of carbonyl (C=O) groups excluding carboxylic acids is 1. The van der Waals surface area contributed by atoms with Gasteiger partial charge in [-0.05, 0) is 18.2 Å².